The zero-order valence-corrected chi connectivity index (χ0v) is 18.4. The standard InChI is InChI=1S/C17H29N5OS.HI/c1-3-18-17(20-12-15-14(2)21-13-24-15)19-9-7-11-22-10-6-4-5-8-16(22)23;/h13H,3-12H2,1-2H3,(H2,18,19,20);1H. The molecule has 2 N–H and O–H groups in total. The number of amides is 1. The van der Waals surface area contributed by atoms with E-state index in [1.807, 2.05) is 17.3 Å². The normalized spacial score (nSPS) is 15.5. The van der Waals surface area contributed by atoms with Crippen molar-refractivity contribution in [3.05, 3.63) is 16.1 Å². The maximum absolute atomic E-state index is 12.0. The molecule has 0 bridgehead atoms. The fraction of sp³-hybridized carbons (Fsp3) is 0.706. The molecule has 142 valence electrons. The summed E-state index contributed by atoms with van der Waals surface area (Å²) in [6, 6.07) is 0. The monoisotopic (exact) mass is 479 g/mol. The molecule has 0 aliphatic carbocycles. The van der Waals surface area contributed by atoms with Crippen LogP contribution in [0.25, 0.3) is 0 Å². The van der Waals surface area contributed by atoms with Gasteiger partial charge in [0.1, 0.15) is 0 Å². The maximum Gasteiger partial charge on any atom is 0.222 e. The van der Waals surface area contributed by atoms with Crippen LogP contribution in [0.1, 0.15) is 49.6 Å². The van der Waals surface area contributed by atoms with Crippen LogP contribution in [0.4, 0.5) is 0 Å². The molecule has 0 unspecified atom stereocenters. The van der Waals surface area contributed by atoms with Crippen molar-refractivity contribution < 1.29 is 4.79 Å². The summed E-state index contributed by atoms with van der Waals surface area (Å²) in [5, 5.41) is 6.62. The predicted molar refractivity (Wildman–Crippen MR) is 115 cm³/mol. The Balaban J connectivity index is 0.00000312. The van der Waals surface area contributed by atoms with Crippen LogP contribution in [0.2, 0.25) is 0 Å². The summed E-state index contributed by atoms with van der Waals surface area (Å²) >= 11 is 1.64. The Morgan fingerprint density at radius 3 is 2.92 bits per heavy atom. The van der Waals surface area contributed by atoms with E-state index >= 15 is 0 Å². The van der Waals surface area contributed by atoms with Gasteiger partial charge in [0.2, 0.25) is 5.91 Å². The Kier molecular flexibility index (Phi) is 11.0. The van der Waals surface area contributed by atoms with E-state index in [0.29, 0.717) is 18.9 Å². The Hall–Kier alpha value is -0.900. The first-order valence-corrected chi connectivity index (χ1v) is 9.77. The lowest BCUT2D eigenvalue weighted by atomic mass is 10.2. The number of hydrogen-bond donors (Lipinski definition) is 2. The summed E-state index contributed by atoms with van der Waals surface area (Å²) in [5.74, 6) is 1.14. The Bertz CT molecular complexity index is 549. The second kappa shape index (κ2) is 12.5. The summed E-state index contributed by atoms with van der Waals surface area (Å²) in [4.78, 5) is 24.1. The zero-order chi connectivity index (χ0) is 17.2. The first-order valence-electron chi connectivity index (χ1n) is 8.89. The van der Waals surface area contributed by atoms with Crippen molar-refractivity contribution in [2.24, 2.45) is 4.99 Å². The van der Waals surface area contributed by atoms with Crippen molar-refractivity contribution in [3.63, 3.8) is 0 Å². The lowest BCUT2D eigenvalue weighted by Gasteiger charge is -2.20. The van der Waals surface area contributed by atoms with E-state index in [9.17, 15) is 4.79 Å². The number of thiazole rings is 1. The molecule has 0 atom stereocenters. The van der Waals surface area contributed by atoms with E-state index in [2.05, 4.69) is 27.5 Å². The van der Waals surface area contributed by atoms with Gasteiger partial charge in [-0.3, -0.25) is 4.79 Å². The van der Waals surface area contributed by atoms with Gasteiger partial charge in [-0.2, -0.15) is 0 Å². The van der Waals surface area contributed by atoms with E-state index in [1.54, 1.807) is 11.3 Å². The van der Waals surface area contributed by atoms with Crippen molar-refractivity contribution in [2.75, 3.05) is 26.2 Å². The van der Waals surface area contributed by atoms with Gasteiger partial charge in [0.15, 0.2) is 5.96 Å². The summed E-state index contributed by atoms with van der Waals surface area (Å²) < 4.78 is 0. The first-order chi connectivity index (χ1) is 11.7. The fourth-order valence-corrected chi connectivity index (χ4v) is 3.42. The number of carbonyl (C=O) groups is 1. The number of likely N-dealkylation sites (tertiary alicyclic amines) is 1. The SMILES string of the molecule is CCNC(=NCc1scnc1C)NCCCN1CCCCCC1=O.I. The molecule has 6 nitrogen and oxygen atoms in total. The number of aryl methyl sites for hydroxylation is 1. The Morgan fingerprint density at radius 2 is 2.20 bits per heavy atom. The van der Waals surface area contributed by atoms with Crippen molar-refractivity contribution in [2.45, 2.75) is 52.5 Å². The number of carbonyl (C=O) groups excluding carboxylic acids is 1. The number of guanidine groups is 1. The molecule has 1 aromatic heterocycles. The lowest BCUT2D eigenvalue weighted by molar-refractivity contribution is -0.130. The lowest BCUT2D eigenvalue weighted by Crippen LogP contribution is -2.39. The molecule has 1 saturated heterocycles. The second-order valence-corrected chi connectivity index (χ2v) is 6.97. The molecule has 0 aromatic carbocycles. The molecule has 1 aliphatic rings. The molecular weight excluding hydrogens is 449 g/mol. The average molecular weight is 479 g/mol. The molecule has 8 heteroatoms. The first kappa shape index (κ1) is 22.1. The minimum absolute atomic E-state index is 0. The number of aliphatic imine (C=N–C) groups is 1. The second-order valence-electron chi connectivity index (χ2n) is 6.03. The number of nitrogens with one attached hydrogen (secondary N) is 2. The van der Waals surface area contributed by atoms with Gasteiger partial charge in [-0.15, -0.1) is 35.3 Å². The number of aromatic nitrogens is 1. The third kappa shape index (κ3) is 7.89. The minimum atomic E-state index is 0. The summed E-state index contributed by atoms with van der Waals surface area (Å²) in [6.07, 6.45) is 5.01. The topological polar surface area (TPSA) is 69.6 Å². The third-order valence-electron chi connectivity index (χ3n) is 4.14. The van der Waals surface area contributed by atoms with E-state index in [-0.39, 0.29) is 24.0 Å². The molecule has 0 radical (unpaired) electrons. The Labute approximate surface area is 171 Å². The van der Waals surface area contributed by atoms with E-state index < -0.39 is 0 Å². The zero-order valence-electron chi connectivity index (χ0n) is 15.2. The van der Waals surface area contributed by atoms with Crippen LogP contribution in [0.15, 0.2) is 10.5 Å². The van der Waals surface area contributed by atoms with Gasteiger partial charge in [0.25, 0.3) is 0 Å². The molecule has 2 heterocycles. The number of rotatable bonds is 7. The van der Waals surface area contributed by atoms with E-state index in [4.69, 9.17) is 0 Å². The minimum Gasteiger partial charge on any atom is -0.357 e. The number of halogens is 1. The summed E-state index contributed by atoms with van der Waals surface area (Å²) in [6.45, 7) is 8.12. The molecule has 1 aromatic rings. The molecule has 2 rings (SSSR count). The molecule has 1 fully saturated rings. The highest BCUT2D eigenvalue weighted by atomic mass is 127. The van der Waals surface area contributed by atoms with Crippen molar-refractivity contribution >= 4 is 47.2 Å². The van der Waals surface area contributed by atoms with Crippen LogP contribution >= 0.6 is 35.3 Å². The average Bonchev–Trinajstić information content (AvgIpc) is 2.87. The van der Waals surface area contributed by atoms with Crippen LogP contribution in [-0.2, 0) is 11.3 Å². The van der Waals surface area contributed by atoms with Gasteiger partial charge >= 0.3 is 0 Å². The van der Waals surface area contributed by atoms with Crippen LogP contribution in [-0.4, -0.2) is 47.9 Å². The van der Waals surface area contributed by atoms with Gasteiger partial charge in [-0.1, -0.05) is 6.42 Å². The highest BCUT2D eigenvalue weighted by molar-refractivity contribution is 14.0. The molecule has 1 aliphatic heterocycles. The van der Waals surface area contributed by atoms with Crippen molar-refractivity contribution in [1.82, 2.24) is 20.5 Å². The molecule has 0 saturated carbocycles. The van der Waals surface area contributed by atoms with Gasteiger partial charge in [0.05, 0.1) is 17.7 Å². The highest BCUT2D eigenvalue weighted by Crippen LogP contribution is 2.13. The number of nitrogens with zero attached hydrogens (tertiary/aromatic N) is 3. The van der Waals surface area contributed by atoms with E-state index in [1.165, 1.54) is 11.3 Å². The van der Waals surface area contributed by atoms with Crippen molar-refractivity contribution in [3.8, 4) is 0 Å². The van der Waals surface area contributed by atoms with E-state index in [0.717, 1.165) is 57.1 Å². The van der Waals surface area contributed by atoms with Gasteiger partial charge in [-0.25, -0.2) is 9.98 Å². The molecule has 0 spiro atoms. The van der Waals surface area contributed by atoms with Crippen LogP contribution in [0.5, 0.6) is 0 Å². The number of hydrogen-bond acceptors (Lipinski definition) is 4. The molecular formula is C17H30IN5OS. The largest absolute Gasteiger partial charge is 0.357 e. The fourth-order valence-electron chi connectivity index (χ4n) is 2.72. The third-order valence-corrected chi connectivity index (χ3v) is 5.06. The van der Waals surface area contributed by atoms with Crippen molar-refractivity contribution in [1.29, 1.82) is 0 Å². The van der Waals surface area contributed by atoms with Crippen LogP contribution in [0.3, 0.4) is 0 Å². The smallest absolute Gasteiger partial charge is 0.222 e. The van der Waals surface area contributed by atoms with Gasteiger partial charge < -0.3 is 15.5 Å². The van der Waals surface area contributed by atoms with Gasteiger partial charge in [-0.05, 0) is 33.1 Å². The highest BCUT2D eigenvalue weighted by Gasteiger charge is 2.15. The predicted octanol–water partition coefficient (Wildman–Crippen LogP) is 2.92. The van der Waals surface area contributed by atoms with Crippen LogP contribution < -0.4 is 10.6 Å². The van der Waals surface area contributed by atoms with Gasteiger partial charge in [0, 0.05) is 37.5 Å². The molecule has 1 amide bonds. The molecule has 25 heavy (non-hydrogen) atoms. The summed E-state index contributed by atoms with van der Waals surface area (Å²) in [7, 11) is 0. The maximum atomic E-state index is 12.0. The van der Waals surface area contributed by atoms with Crippen LogP contribution in [0, 0.1) is 6.92 Å². The quantitative estimate of drug-likeness (QED) is 0.273. The summed E-state index contributed by atoms with van der Waals surface area (Å²) in [5.41, 5.74) is 2.91. The Morgan fingerprint density at radius 1 is 1.36 bits per heavy atom.